The zero-order valence-electron chi connectivity index (χ0n) is 15.3. The second-order valence-corrected chi connectivity index (χ2v) is 7.02. The van der Waals surface area contributed by atoms with Crippen molar-refractivity contribution in [2.45, 2.75) is 18.3 Å². The quantitative estimate of drug-likeness (QED) is 0.228. The lowest BCUT2D eigenvalue weighted by atomic mass is 10.3. The van der Waals surface area contributed by atoms with Crippen molar-refractivity contribution in [1.29, 1.82) is 0 Å². The second-order valence-electron chi connectivity index (χ2n) is 5.64. The van der Waals surface area contributed by atoms with Crippen LogP contribution >= 0.6 is 23.4 Å². The van der Waals surface area contributed by atoms with Gasteiger partial charge in [0.1, 0.15) is 18.1 Å². The molecule has 3 rings (SSSR count). The number of halogens is 1. The number of rotatable bonds is 10. The Morgan fingerprint density at radius 3 is 2.90 bits per heavy atom. The van der Waals surface area contributed by atoms with Crippen molar-refractivity contribution in [2.75, 3.05) is 5.75 Å². The summed E-state index contributed by atoms with van der Waals surface area (Å²) in [6, 6.07) is 10.5. The summed E-state index contributed by atoms with van der Waals surface area (Å²) in [4.78, 5) is 12.0. The van der Waals surface area contributed by atoms with E-state index >= 15 is 0 Å². The number of ether oxygens (including phenoxy) is 1. The minimum atomic E-state index is -0.273. The van der Waals surface area contributed by atoms with Crippen molar-refractivity contribution in [3.05, 3.63) is 71.9 Å². The van der Waals surface area contributed by atoms with E-state index in [4.69, 9.17) is 20.8 Å². The number of carbonyl (C=O) groups is 1. The molecule has 0 spiro atoms. The number of benzene rings is 1. The van der Waals surface area contributed by atoms with E-state index < -0.39 is 0 Å². The molecule has 1 N–H and O–H groups in total. The number of nitrogens with one attached hydrogen (secondary N) is 1. The molecule has 10 heteroatoms. The molecule has 3 aromatic rings. The number of allylic oxidation sites excluding steroid dienone is 1. The van der Waals surface area contributed by atoms with E-state index in [-0.39, 0.29) is 18.3 Å². The van der Waals surface area contributed by atoms with Crippen LogP contribution in [0.1, 0.15) is 11.6 Å². The monoisotopic (exact) mass is 431 g/mol. The van der Waals surface area contributed by atoms with Gasteiger partial charge in [0.2, 0.25) is 0 Å². The average molecular weight is 432 g/mol. The molecule has 29 heavy (non-hydrogen) atoms. The minimum Gasteiger partial charge on any atom is -0.486 e. The Morgan fingerprint density at radius 2 is 2.17 bits per heavy atom. The van der Waals surface area contributed by atoms with Gasteiger partial charge in [-0.05, 0) is 36.4 Å². The maximum atomic E-state index is 12.0. The molecule has 1 aromatic carbocycles. The van der Waals surface area contributed by atoms with Gasteiger partial charge < -0.3 is 9.15 Å². The van der Waals surface area contributed by atoms with Crippen molar-refractivity contribution in [2.24, 2.45) is 5.10 Å². The molecule has 2 heterocycles. The molecule has 0 fully saturated rings. The Morgan fingerprint density at radius 1 is 1.34 bits per heavy atom. The fourth-order valence-corrected chi connectivity index (χ4v) is 3.10. The summed E-state index contributed by atoms with van der Waals surface area (Å²) >= 11 is 7.12. The molecule has 0 aliphatic rings. The van der Waals surface area contributed by atoms with E-state index in [0.29, 0.717) is 34.1 Å². The highest BCUT2D eigenvalue weighted by Crippen LogP contribution is 2.20. The second kappa shape index (κ2) is 10.5. The summed E-state index contributed by atoms with van der Waals surface area (Å²) in [5.41, 5.74) is 2.44. The molecular weight excluding hydrogens is 414 g/mol. The zero-order chi connectivity index (χ0) is 20.5. The van der Waals surface area contributed by atoms with Gasteiger partial charge in [-0.25, -0.2) is 5.43 Å². The Bertz CT molecular complexity index is 970. The topological polar surface area (TPSA) is 94.5 Å². The van der Waals surface area contributed by atoms with Crippen LogP contribution in [0.5, 0.6) is 5.75 Å². The molecule has 2 aromatic heterocycles. The van der Waals surface area contributed by atoms with E-state index in [0.717, 1.165) is 0 Å². The molecule has 0 radical (unpaired) electrons. The van der Waals surface area contributed by atoms with Crippen LogP contribution in [0.2, 0.25) is 5.02 Å². The number of thioether (sulfide) groups is 1. The van der Waals surface area contributed by atoms with Gasteiger partial charge in [0.25, 0.3) is 5.91 Å². The maximum Gasteiger partial charge on any atom is 0.250 e. The van der Waals surface area contributed by atoms with Gasteiger partial charge in [-0.2, -0.15) is 5.10 Å². The first-order valence-electron chi connectivity index (χ1n) is 8.55. The fraction of sp³-hybridized carbons (Fsp3) is 0.158. The standard InChI is InChI=1S/C19H18ClN5O3S/c1-2-9-25-17(12-28-15-7-5-14(20)6-8-15)22-24-19(25)29-13-18(26)23-21-11-16-4-3-10-27-16/h2-8,10-11H,1,9,12-13H2,(H,23,26). The summed E-state index contributed by atoms with van der Waals surface area (Å²) in [6.45, 7) is 4.48. The molecule has 0 bridgehead atoms. The summed E-state index contributed by atoms with van der Waals surface area (Å²) in [5, 5.41) is 13.4. The van der Waals surface area contributed by atoms with Crippen LogP contribution in [0.15, 0.2) is 70.0 Å². The highest BCUT2D eigenvalue weighted by Gasteiger charge is 2.14. The number of carbonyl (C=O) groups excluding carboxylic acids is 1. The number of hydrogen-bond acceptors (Lipinski definition) is 7. The van der Waals surface area contributed by atoms with Crippen LogP contribution in [0.25, 0.3) is 0 Å². The smallest absolute Gasteiger partial charge is 0.250 e. The molecule has 8 nitrogen and oxygen atoms in total. The lowest BCUT2D eigenvalue weighted by Crippen LogP contribution is -2.20. The van der Waals surface area contributed by atoms with Crippen LogP contribution < -0.4 is 10.2 Å². The number of furan rings is 1. The van der Waals surface area contributed by atoms with Crippen molar-refractivity contribution in [1.82, 2.24) is 20.2 Å². The molecule has 0 saturated heterocycles. The number of nitrogens with zero attached hydrogens (tertiary/aromatic N) is 4. The molecule has 0 aliphatic carbocycles. The Balaban J connectivity index is 1.55. The summed E-state index contributed by atoms with van der Waals surface area (Å²) in [5.74, 6) is 1.70. The molecule has 0 unspecified atom stereocenters. The summed E-state index contributed by atoms with van der Waals surface area (Å²) < 4.78 is 12.7. The van der Waals surface area contributed by atoms with Gasteiger partial charge in [0.15, 0.2) is 11.0 Å². The Hall–Kier alpha value is -3.04. The predicted octanol–water partition coefficient (Wildman–Crippen LogP) is 3.53. The van der Waals surface area contributed by atoms with E-state index in [9.17, 15) is 4.79 Å². The Labute approximate surface area is 176 Å². The normalized spacial score (nSPS) is 10.9. The third-order valence-electron chi connectivity index (χ3n) is 3.54. The van der Waals surface area contributed by atoms with Crippen molar-refractivity contribution in [3.63, 3.8) is 0 Å². The van der Waals surface area contributed by atoms with Crippen LogP contribution in [0, 0.1) is 0 Å². The largest absolute Gasteiger partial charge is 0.486 e. The molecular formula is C19H18ClN5O3S. The van der Waals surface area contributed by atoms with Gasteiger partial charge in [0, 0.05) is 11.6 Å². The predicted molar refractivity (Wildman–Crippen MR) is 111 cm³/mol. The highest BCUT2D eigenvalue weighted by atomic mass is 35.5. The minimum absolute atomic E-state index is 0.128. The first-order chi connectivity index (χ1) is 14.2. The van der Waals surface area contributed by atoms with Crippen LogP contribution in [-0.4, -0.2) is 32.6 Å². The fourth-order valence-electron chi connectivity index (χ4n) is 2.22. The number of amides is 1. The molecule has 1 amide bonds. The zero-order valence-corrected chi connectivity index (χ0v) is 16.9. The third-order valence-corrected chi connectivity index (χ3v) is 4.76. The van der Waals surface area contributed by atoms with Crippen LogP contribution in [0.4, 0.5) is 0 Å². The first kappa shape index (κ1) is 20.7. The van der Waals surface area contributed by atoms with E-state index in [2.05, 4.69) is 27.3 Å². The lowest BCUT2D eigenvalue weighted by Gasteiger charge is -2.09. The first-order valence-corrected chi connectivity index (χ1v) is 9.91. The molecule has 0 atom stereocenters. The van der Waals surface area contributed by atoms with Crippen LogP contribution in [0.3, 0.4) is 0 Å². The third kappa shape index (κ3) is 6.23. The number of aromatic nitrogens is 3. The van der Waals surface area contributed by atoms with Crippen molar-refractivity contribution >= 4 is 35.5 Å². The molecule has 150 valence electrons. The van der Waals surface area contributed by atoms with E-state index in [1.54, 1.807) is 42.5 Å². The molecule has 0 saturated carbocycles. The number of hydrazone groups is 1. The SMILES string of the molecule is C=CCn1c(COc2ccc(Cl)cc2)nnc1SCC(=O)NN=Cc1ccco1. The van der Waals surface area contributed by atoms with E-state index in [1.807, 2.05) is 4.57 Å². The van der Waals surface area contributed by atoms with Crippen molar-refractivity contribution in [3.8, 4) is 5.75 Å². The average Bonchev–Trinajstić information content (AvgIpc) is 3.37. The molecule has 0 aliphatic heterocycles. The van der Waals surface area contributed by atoms with Gasteiger partial charge in [-0.1, -0.05) is 29.4 Å². The Kier molecular flexibility index (Phi) is 7.48. The van der Waals surface area contributed by atoms with E-state index in [1.165, 1.54) is 24.2 Å². The van der Waals surface area contributed by atoms with Gasteiger partial charge in [-0.15, -0.1) is 16.8 Å². The lowest BCUT2D eigenvalue weighted by molar-refractivity contribution is -0.118. The number of hydrogen-bond donors (Lipinski definition) is 1. The van der Waals surface area contributed by atoms with Gasteiger partial charge >= 0.3 is 0 Å². The highest BCUT2D eigenvalue weighted by molar-refractivity contribution is 7.99. The van der Waals surface area contributed by atoms with Crippen molar-refractivity contribution < 1.29 is 13.9 Å². The van der Waals surface area contributed by atoms with Gasteiger partial charge in [0.05, 0.1) is 18.2 Å². The summed E-state index contributed by atoms with van der Waals surface area (Å²) in [7, 11) is 0. The van der Waals surface area contributed by atoms with Crippen LogP contribution in [-0.2, 0) is 17.9 Å². The summed E-state index contributed by atoms with van der Waals surface area (Å²) in [6.07, 6.45) is 4.68. The van der Waals surface area contributed by atoms with Gasteiger partial charge in [-0.3, -0.25) is 9.36 Å². The maximum absolute atomic E-state index is 12.0.